The monoisotopic (exact) mass is 270 g/mol. The molecular weight excluding hydrogens is 259 g/mol. The molecular formula is C15H11FN2O2. The molecule has 0 saturated heterocycles. The van der Waals surface area contributed by atoms with E-state index in [1.165, 1.54) is 30.1 Å². The zero-order valence-electron chi connectivity index (χ0n) is 10.7. The Labute approximate surface area is 115 Å². The Bertz CT molecular complexity index is 707. The van der Waals surface area contributed by atoms with Crippen molar-refractivity contribution in [2.75, 3.05) is 11.9 Å². The molecule has 0 aromatic heterocycles. The first-order chi connectivity index (χ1) is 9.56. The molecule has 0 unspecified atom stereocenters. The summed E-state index contributed by atoms with van der Waals surface area (Å²) in [5, 5.41) is 18.2. The minimum absolute atomic E-state index is 0.0669. The number of aromatic carboxylic acids is 1. The molecule has 0 aliphatic carbocycles. The predicted molar refractivity (Wildman–Crippen MR) is 72.6 cm³/mol. The van der Waals surface area contributed by atoms with Gasteiger partial charge in [0.25, 0.3) is 0 Å². The maximum atomic E-state index is 14.0. The van der Waals surface area contributed by atoms with Gasteiger partial charge in [0.2, 0.25) is 0 Å². The number of carboxylic acids is 1. The average molecular weight is 270 g/mol. The Hall–Kier alpha value is -2.87. The zero-order chi connectivity index (χ0) is 14.7. The van der Waals surface area contributed by atoms with Crippen molar-refractivity contribution in [2.45, 2.75) is 0 Å². The number of anilines is 2. The van der Waals surface area contributed by atoms with Crippen LogP contribution < -0.4 is 4.90 Å². The highest BCUT2D eigenvalue weighted by atomic mass is 19.1. The summed E-state index contributed by atoms with van der Waals surface area (Å²) in [6.07, 6.45) is 0. The molecule has 2 aromatic rings. The minimum atomic E-state index is -1.22. The van der Waals surface area contributed by atoms with Gasteiger partial charge in [-0.25, -0.2) is 9.18 Å². The normalized spacial score (nSPS) is 9.85. The zero-order valence-corrected chi connectivity index (χ0v) is 10.7. The highest BCUT2D eigenvalue weighted by molar-refractivity contribution is 5.96. The Morgan fingerprint density at radius 1 is 1.25 bits per heavy atom. The van der Waals surface area contributed by atoms with E-state index >= 15 is 0 Å². The van der Waals surface area contributed by atoms with Gasteiger partial charge in [-0.3, -0.25) is 0 Å². The maximum Gasteiger partial charge on any atom is 0.337 e. The summed E-state index contributed by atoms with van der Waals surface area (Å²) in [6, 6.07) is 12.5. The van der Waals surface area contributed by atoms with Crippen molar-refractivity contribution in [3.63, 3.8) is 0 Å². The lowest BCUT2D eigenvalue weighted by Crippen LogP contribution is -2.16. The van der Waals surface area contributed by atoms with E-state index in [2.05, 4.69) is 0 Å². The van der Waals surface area contributed by atoms with Crippen LogP contribution in [0, 0.1) is 17.1 Å². The highest BCUT2D eigenvalue weighted by Gasteiger charge is 2.20. The summed E-state index contributed by atoms with van der Waals surface area (Å²) in [7, 11) is 1.53. The molecule has 1 N–H and O–H groups in total. The third kappa shape index (κ3) is 2.31. The summed E-state index contributed by atoms with van der Waals surface area (Å²) in [5.41, 5.74) is 0.570. The van der Waals surface area contributed by atoms with Crippen LogP contribution in [0.5, 0.6) is 0 Å². The fourth-order valence-corrected chi connectivity index (χ4v) is 2.01. The fraction of sp³-hybridized carbons (Fsp3) is 0.0667. The van der Waals surface area contributed by atoms with E-state index in [0.29, 0.717) is 11.3 Å². The van der Waals surface area contributed by atoms with E-state index in [1.807, 2.05) is 6.07 Å². The summed E-state index contributed by atoms with van der Waals surface area (Å²) < 4.78 is 14.0. The lowest BCUT2D eigenvalue weighted by atomic mass is 10.1. The molecule has 0 spiro atoms. The van der Waals surface area contributed by atoms with Gasteiger partial charge in [0.15, 0.2) is 0 Å². The first-order valence-corrected chi connectivity index (χ1v) is 5.81. The summed E-state index contributed by atoms with van der Waals surface area (Å²) in [5.74, 6) is -1.87. The molecule has 2 aromatic carbocycles. The van der Waals surface area contributed by atoms with Crippen molar-refractivity contribution >= 4 is 17.3 Å². The van der Waals surface area contributed by atoms with E-state index in [1.54, 1.807) is 24.3 Å². The van der Waals surface area contributed by atoms with Crippen LogP contribution in [0.25, 0.3) is 0 Å². The third-order valence-corrected chi connectivity index (χ3v) is 2.94. The van der Waals surface area contributed by atoms with E-state index in [9.17, 15) is 9.18 Å². The Morgan fingerprint density at radius 3 is 2.60 bits per heavy atom. The van der Waals surface area contributed by atoms with Crippen LogP contribution in [-0.2, 0) is 0 Å². The van der Waals surface area contributed by atoms with Crippen LogP contribution >= 0.6 is 0 Å². The molecule has 20 heavy (non-hydrogen) atoms. The smallest absolute Gasteiger partial charge is 0.337 e. The standard InChI is InChI=1S/C15H11FN2O2/c1-18(13-8-3-2-5-10(13)9-17)14-11(15(19)20)6-4-7-12(14)16/h2-8H,1H3,(H,19,20). The van der Waals surface area contributed by atoms with E-state index < -0.39 is 11.8 Å². The Balaban J connectivity index is 2.63. The Kier molecular flexibility index (Phi) is 3.67. The molecule has 0 aliphatic heterocycles. The number of para-hydroxylation sites is 2. The minimum Gasteiger partial charge on any atom is -0.478 e. The molecule has 0 amide bonds. The van der Waals surface area contributed by atoms with Crippen LogP contribution in [0.2, 0.25) is 0 Å². The molecule has 100 valence electrons. The quantitative estimate of drug-likeness (QED) is 0.930. The van der Waals surface area contributed by atoms with Gasteiger partial charge in [0.05, 0.1) is 22.5 Å². The van der Waals surface area contributed by atoms with Gasteiger partial charge in [-0.1, -0.05) is 18.2 Å². The molecule has 0 saturated carbocycles. The molecule has 5 heteroatoms. The average Bonchev–Trinajstić information content (AvgIpc) is 2.46. The van der Waals surface area contributed by atoms with Gasteiger partial charge in [-0.05, 0) is 24.3 Å². The van der Waals surface area contributed by atoms with Gasteiger partial charge in [-0.2, -0.15) is 5.26 Å². The number of rotatable bonds is 3. The van der Waals surface area contributed by atoms with Crippen molar-refractivity contribution in [1.82, 2.24) is 0 Å². The first-order valence-electron chi connectivity index (χ1n) is 5.81. The molecule has 0 bridgehead atoms. The summed E-state index contributed by atoms with van der Waals surface area (Å²) in [4.78, 5) is 12.6. The lowest BCUT2D eigenvalue weighted by molar-refractivity contribution is 0.0697. The van der Waals surface area contributed by atoms with Crippen molar-refractivity contribution in [1.29, 1.82) is 5.26 Å². The van der Waals surface area contributed by atoms with Crippen LogP contribution in [-0.4, -0.2) is 18.1 Å². The molecule has 0 radical (unpaired) electrons. The maximum absolute atomic E-state index is 14.0. The molecule has 4 nitrogen and oxygen atoms in total. The van der Waals surface area contributed by atoms with Gasteiger partial charge >= 0.3 is 5.97 Å². The number of carboxylic acid groups (broad SMARTS) is 1. The number of halogens is 1. The molecule has 0 atom stereocenters. The highest BCUT2D eigenvalue weighted by Crippen LogP contribution is 2.31. The largest absolute Gasteiger partial charge is 0.478 e. The van der Waals surface area contributed by atoms with Gasteiger partial charge < -0.3 is 10.0 Å². The van der Waals surface area contributed by atoms with Gasteiger partial charge in [0, 0.05) is 7.05 Å². The van der Waals surface area contributed by atoms with E-state index in [0.717, 1.165) is 0 Å². The van der Waals surface area contributed by atoms with Crippen molar-refractivity contribution < 1.29 is 14.3 Å². The second-order valence-corrected chi connectivity index (χ2v) is 4.13. The summed E-state index contributed by atoms with van der Waals surface area (Å²) >= 11 is 0. The number of hydrogen-bond acceptors (Lipinski definition) is 3. The number of hydrogen-bond donors (Lipinski definition) is 1. The van der Waals surface area contributed by atoms with Crippen molar-refractivity contribution in [3.8, 4) is 6.07 Å². The SMILES string of the molecule is CN(c1ccccc1C#N)c1c(F)cccc1C(=O)O. The molecule has 0 aliphatic rings. The third-order valence-electron chi connectivity index (χ3n) is 2.94. The molecule has 2 rings (SSSR count). The van der Waals surface area contributed by atoms with Crippen molar-refractivity contribution in [2.24, 2.45) is 0 Å². The Morgan fingerprint density at radius 2 is 1.95 bits per heavy atom. The van der Waals surface area contributed by atoms with Gasteiger partial charge in [0.1, 0.15) is 11.9 Å². The van der Waals surface area contributed by atoms with Crippen LogP contribution in [0.3, 0.4) is 0 Å². The first kappa shape index (κ1) is 13.6. The second kappa shape index (κ2) is 5.41. The van der Waals surface area contributed by atoms with Crippen LogP contribution in [0.15, 0.2) is 42.5 Å². The fourth-order valence-electron chi connectivity index (χ4n) is 2.01. The lowest BCUT2D eigenvalue weighted by Gasteiger charge is -2.22. The van der Waals surface area contributed by atoms with Crippen molar-refractivity contribution in [3.05, 3.63) is 59.4 Å². The number of nitriles is 1. The van der Waals surface area contributed by atoms with Crippen LogP contribution in [0.1, 0.15) is 15.9 Å². The number of carbonyl (C=O) groups is 1. The van der Waals surface area contributed by atoms with Gasteiger partial charge in [-0.15, -0.1) is 0 Å². The predicted octanol–water partition coefficient (Wildman–Crippen LogP) is 3.16. The van der Waals surface area contributed by atoms with E-state index in [-0.39, 0.29) is 11.3 Å². The number of benzene rings is 2. The topological polar surface area (TPSA) is 64.3 Å². The number of nitrogens with zero attached hydrogens (tertiary/aromatic N) is 2. The molecule has 0 fully saturated rings. The summed E-state index contributed by atoms with van der Waals surface area (Å²) in [6.45, 7) is 0. The van der Waals surface area contributed by atoms with Crippen LogP contribution in [0.4, 0.5) is 15.8 Å². The second-order valence-electron chi connectivity index (χ2n) is 4.13. The molecule has 0 heterocycles. The van der Waals surface area contributed by atoms with E-state index in [4.69, 9.17) is 10.4 Å².